The Morgan fingerprint density at radius 3 is 3.20 bits per heavy atom. The van der Waals surface area contributed by atoms with Gasteiger partial charge in [-0.1, -0.05) is 6.07 Å². The lowest BCUT2D eigenvalue weighted by Gasteiger charge is -1.92. The molecule has 0 N–H and O–H groups in total. The molecule has 1 aromatic rings. The highest BCUT2D eigenvalue weighted by molar-refractivity contribution is 7.80. The highest BCUT2D eigenvalue weighted by Crippen LogP contribution is 2.24. The highest BCUT2D eigenvalue weighted by atomic mass is 32.1. The number of rotatable bonds is 0. The topological polar surface area (TPSA) is 3.88 Å². The van der Waals surface area contributed by atoms with Gasteiger partial charge >= 0.3 is 0 Å². The zero-order valence-corrected chi connectivity index (χ0v) is 6.59. The fourth-order valence-electron chi connectivity index (χ4n) is 1.40. The molecule has 1 aliphatic heterocycles. The standard InChI is InChI=1S/C8H9NS/c10-8-4-6-9-5-2-1-3-7(8)9/h1-3,5,8H,4,6H2/p+1. The van der Waals surface area contributed by atoms with Crippen LogP contribution in [-0.2, 0) is 6.54 Å². The quantitative estimate of drug-likeness (QED) is 0.422. The van der Waals surface area contributed by atoms with Gasteiger partial charge < -0.3 is 0 Å². The van der Waals surface area contributed by atoms with Crippen LogP contribution < -0.4 is 4.57 Å². The van der Waals surface area contributed by atoms with Crippen molar-refractivity contribution in [3.8, 4) is 0 Å². The van der Waals surface area contributed by atoms with E-state index >= 15 is 0 Å². The van der Waals surface area contributed by atoms with Crippen LogP contribution in [0.3, 0.4) is 0 Å². The number of pyridine rings is 1. The average molecular weight is 152 g/mol. The Morgan fingerprint density at radius 2 is 2.40 bits per heavy atom. The number of hydrogen-bond donors (Lipinski definition) is 1. The first kappa shape index (κ1) is 6.23. The molecule has 1 atom stereocenters. The Labute approximate surface area is 66.1 Å². The minimum atomic E-state index is 0.459. The molecule has 1 aliphatic rings. The first-order chi connectivity index (χ1) is 4.88. The van der Waals surface area contributed by atoms with Gasteiger partial charge in [0.1, 0.15) is 6.54 Å². The third-order valence-corrected chi connectivity index (χ3v) is 2.48. The maximum Gasteiger partial charge on any atom is 0.194 e. The van der Waals surface area contributed by atoms with Crippen LogP contribution in [0.4, 0.5) is 0 Å². The number of hydrogen-bond acceptors (Lipinski definition) is 1. The van der Waals surface area contributed by atoms with Crippen LogP contribution in [0.5, 0.6) is 0 Å². The molecule has 0 spiro atoms. The second kappa shape index (κ2) is 2.27. The van der Waals surface area contributed by atoms with Gasteiger partial charge in [0.2, 0.25) is 0 Å². The Kier molecular flexibility index (Phi) is 1.42. The second-order valence-corrected chi connectivity index (χ2v) is 3.25. The summed E-state index contributed by atoms with van der Waals surface area (Å²) in [5.41, 5.74) is 1.35. The summed E-state index contributed by atoms with van der Waals surface area (Å²) in [6, 6.07) is 6.28. The van der Waals surface area contributed by atoms with Gasteiger partial charge in [-0.15, -0.1) is 0 Å². The molecule has 0 saturated carbocycles. The second-order valence-electron chi connectivity index (χ2n) is 2.62. The molecule has 0 aliphatic carbocycles. The molecule has 0 saturated heterocycles. The summed E-state index contributed by atoms with van der Waals surface area (Å²) in [4.78, 5) is 0. The SMILES string of the molecule is SC1CC[n+]2ccccc21. The largest absolute Gasteiger partial charge is 0.201 e. The van der Waals surface area contributed by atoms with E-state index < -0.39 is 0 Å². The van der Waals surface area contributed by atoms with Crippen LogP contribution in [0, 0.1) is 0 Å². The fraction of sp³-hybridized carbons (Fsp3) is 0.375. The summed E-state index contributed by atoms with van der Waals surface area (Å²) in [5.74, 6) is 0. The Morgan fingerprint density at radius 1 is 1.50 bits per heavy atom. The van der Waals surface area contributed by atoms with Gasteiger partial charge in [0.15, 0.2) is 11.9 Å². The van der Waals surface area contributed by atoms with Crippen LogP contribution in [-0.4, -0.2) is 0 Å². The molecule has 0 amide bonds. The predicted octanol–water partition coefficient (Wildman–Crippen LogP) is 1.35. The lowest BCUT2D eigenvalue weighted by atomic mass is 10.3. The zero-order valence-electron chi connectivity index (χ0n) is 5.70. The van der Waals surface area contributed by atoms with E-state index in [0.717, 1.165) is 6.54 Å². The normalized spacial score (nSPS) is 22.7. The van der Waals surface area contributed by atoms with Gasteiger partial charge in [-0.2, -0.15) is 12.6 Å². The minimum absolute atomic E-state index is 0.459. The zero-order chi connectivity index (χ0) is 6.97. The molecule has 0 fully saturated rings. The number of fused-ring (bicyclic) bond motifs is 1. The molecule has 0 aromatic carbocycles. The van der Waals surface area contributed by atoms with Crippen molar-refractivity contribution in [1.82, 2.24) is 0 Å². The Bertz CT molecular complexity index is 247. The molecule has 2 rings (SSSR count). The molecule has 1 nitrogen and oxygen atoms in total. The van der Waals surface area contributed by atoms with Crippen molar-refractivity contribution in [2.24, 2.45) is 0 Å². The smallest absolute Gasteiger partial charge is 0.194 e. The third-order valence-electron chi connectivity index (χ3n) is 1.96. The summed E-state index contributed by atoms with van der Waals surface area (Å²) >= 11 is 4.45. The van der Waals surface area contributed by atoms with Crippen LogP contribution >= 0.6 is 12.6 Å². The van der Waals surface area contributed by atoms with Crippen molar-refractivity contribution in [2.75, 3.05) is 0 Å². The van der Waals surface area contributed by atoms with Crippen LogP contribution in [0.2, 0.25) is 0 Å². The third kappa shape index (κ3) is 0.833. The molecular weight excluding hydrogens is 142 g/mol. The van der Waals surface area contributed by atoms with E-state index in [9.17, 15) is 0 Å². The van der Waals surface area contributed by atoms with E-state index in [-0.39, 0.29) is 0 Å². The van der Waals surface area contributed by atoms with E-state index in [2.05, 4.69) is 41.6 Å². The van der Waals surface area contributed by atoms with Gasteiger partial charge in [0.25, 0.3) is 0 Å². The van der Waals surface area contributed by atoms with Crippen molar-refractivity contribution in [1.29, 1.82) is 0 Å². The summed E-state index contributed by atoms with van der Waals surface area (Å²) in [7, 11) is 0. The monoisotopic (exact) mass is 152 g/mol. The number of thiol groups is 1. The molecular formula is C8H10NS+. The molecule has 0 radical (unpaired) electrons. The summed E-state index contributed by atoms with van der Waals surface area (Å²) in [6.45, 7) is 1.13. The molecule has 2 heterocycles. The van der Waals surface area contributed by atoms with Crippen LogP contribution in [0.15, 0.2) is 24.4 Å². The predicted molar refractivity (Wildman–Crippen MR) is 43.0 cm³/mol. The van der Waals surface area contributed by atoms with E-state index in [1.54, 1.807) is 0 Å². The van der Waals surface area contributed by atoms with Crippen molar-refractivity contribution >= 4 is 12.6 Å². The van der Waals surface area contributed by atoms with Crippen molar-refractivity contribution < 1.29 is 4.57 Å². The highest BCUT2D eigenvalue weighted by Gasteiger charge is 2.25. The minimum Gasteiger partial charge on any atom is -0.201 e. The average Bonchev–Trinajstić information content (AvgIpc) is 2.34. The van der Waals surface area contributed by atoms with Crippen LogP contribution in [0.1, 0.15) is 17.4 Å². The van der Waals surface area contributed by atoms with E-state index in [1.807, 2.05) is 0 Å². The first-order valence-corrected chi connectivity index (χ1v) is 4.06. The van der Waals surface area contributed by atoms with E-state index in [4.69, 9.17) is 0 Å². The number of aryl methyl sites for hydroxylation is 1. The Hall–Kier alpha value is -0.500. The van der Waals surface area contributed by atoms with Crippen molar-refractivity contribution in [3.63, 3.8) is 0 Å². The van der Waals surface area contributed by atoms with Gasteiger partial charge in [0.05, 0.1) is 5.25 Å². The van der Waals surface area contributed by atoms with Crippen molar-refractivity contribution in [3.05, 3.63) is 30.1 Å². The molecule has 2 heteroatoms. The van der Waals surface area contributed by atoms with Crippen LogP contribution in [0.25, 0.3) is 0 Å². The summed E-state index contributed by atoms with van der Waals surface area (Å²) in [5, 5.41) is 0.459. The Balaban J connectivity index is 2.51. The van der Waals surface area contributed by atoms with Gasteiger partial charge in [-0.3, -0.25) is 0 Å². The van der Waals surface area contributed by atoms with Gasteiger partial charge in [0, 0.05) is 18.6 Å². The summed E-state index contributed by atoms with van der Waals surface area (Å²) in [6.07, 6.45) is 3.29. The maximum atomic E-state index is 4.45. The number of aromatic nitrogens is 1. The van der Waals surface area contributed by atoms with E-state index in [0.29, 0.717) is 5.25 Å². The fourth-order valence-corrected chi connectivity index (χ4v) is 1.75. The van der Waals surface area contributed by atoms with Gasteiger partial charge in [-0.05, 0) is 0 Å². The molecule has 52 valence electrons. The molecule has 1 unspecified atom stereocenters. The molecule has 10 heavy (non-hydrogen) atoms. The lowest BCUT2D eigenvalue weighted by Crippen LogP contribution is -2.31. The molecule has 1 aromatic heterocycles. The summed E-state index contributed by atoms with van der Waals surface area (Å²) < 4.78 is 2.26. The first-order valence-electron chi connectivity index (χ1n) is 3.54. The number of nitrogens with zero attached hydrogens (tertiary/aromatic N) is 1. The lowest BCUT2D eigenvalue weighted by molar-refractivity contribution is -0.690. The van der Waals surface area contributed by atoms with Crippen molar-refractivity contribution in [2.45, 2.75) is 18.2 Å². The molecule has 0 bridgehead atoms. The van der Waals surface area contributed by atoms with E-state index in [1.165, 1.54) is 12.1 Å². The van der Waals surface area contributed by atoms with Gasteiger partial charge in [-0.25, -0.2) is 4.57 Å². The maximum absolute atomic E-state index is 4.45.